The number of pyridine rings is 1. The van der Waals surface area contributed by atoms with E-state index in [1.54, 1.807) is 0 Å². The lowest BCUT2D eigenvalue weighted by Crippen LogP contribution is -2.03. The van der Waals surface area contributed by atoms with Gasteiger partial charge in [0.1, 0.15) is 0 Å². The zero-order valence-corrected chi connectivity index (χ0v) is 8.92. The Bertz CT molecular complexity index is 316. The summed E-state index contributed by atoms with van der Waals surface area (Å²) in [5.74, 6) is 0.528. The molecule has 2 nitrogen and oxygen atoms in total. The summed E-state index contributed by atoms with van der Waals surface area (Å²) < 4.78 is 5.38. The van der Waals surface area contributed by atoms with E-state index in [1.165, 1.54) is 17.0 Å². The summed E-state index contributed by atoms with van der Waals surface area (Å²) in [4.78, 5) is 4.65. The fourth-order valence-corrected chi connectivity index (χ4v) is 1.93. The third-order valence-corrected chi connectivity index (χ3v) is 2.75. The molecule has 0 spiro atoms. The van der Waals surface area contributed by atoms with E-state index in [4.69, 9.17) is 4.74 Å². The van der Waals surface area contributed by atoms with Gasteiger partial charge in [-0.25, -0.2) is 0 Å². The number of ether oxygens (including phenoxy) is 1. The zero-order valence-electron chi connectivity index (χ0n) is 8.92. The summed E-state index contributed by atoms with van der Waals surface area (Å²) in [6.07, 6.45) is 2.14. The maximum Gasteiger partial charge on any atom is 0.0550 e. The number of hydrogen-bond acceptors (Lipinski definition) is 2. The van der Waals surface area contributed by atoms with Gasteiger partial charge in [0.2, 0.25) is 0 Å². The molecule has 1 aliphatic rings. The smallest absolute Gasteiger partial charge is 0.0550 e. The van der Waals surface area contributed by atoms with Crippen LogP contribution in [0.25, 0.3) is 0 Å². The van der Waals surface area contributed by atoms with Crippen LogP contribution in [0, 0.1) is 6.92 Å². The molecule has 1 aromatic rings. The maximum absolute atomic E-state index is 5.38. The van der Waals surface area contributed by atoms with Gasteiger partial charge in [-0.3, -0.25) is 4.98 Å². The monoisotopic (exact) mass is 191 g/mol. The van der Waals surface area contributed by atoms with Gasteiger partial charge in [-0.15, -0.1) is 0 Å². The lowest BCUT2D eigenvalue weighted by Gasteiger charge is -2.09. The predicted octanol–water partition coefficient (Wildman–Crippen LogP) is 2.46. The van der Waals surface area contributed by atoms with Gasteiger partial charge in [0.15, 0.2) is 0 Å². The summed E-state index contributed by atoms with van der Waals surface area (Å²) >= 11 is 0. The van der Waals surface area contributed by atoms with E-state index in [-0.39, 0.29) is 0 Å². The Hall–Kier alpha value is -0.890. The second kappa shape index (κ2) is 4.09. The molecule has 14 heavy (non-hydrogen) atoms. The Morgan fingerprint density at radius 1 is 1.50 bits per heavy atom. The fourth-order valence-electron chi connectivity index (χ4n) is 1.93. The molecule has 76 valence electrons. The molecule has 1 saturated heterocycles. The van der Waals surface area contributed by atoms with Crippen LogP contribution in [0.3, 0.4) is 0 Å². The molecule has 0 bridgehead atoms. The van der Waals surface area contributed by atoms with Crippen molar-refractivity contribution < 1.29 is 4.74 Å². The number of hydrogen-bond donors (Lipinski definition) is 0. The van der Waals surface area contributed by atoms with E-state index >= 15 is 0 Å². The molecule has 0 aliphatic carbocycles. The van der Waals surface area contributed by atoms with Crippen molar-refractivity contribution in [2.45, 2.75) is 32.6 Å². The van der Waals surface area contributed by atoms with Crippen molar-refractivity contribution in [3.63, 3.8) is 0 Å². The Morgan fingerprint density at radius 3 is 3.00 bits per heavy atom. The summed E-state index contributed by atoms with van der Waals surface area (Å²) in [6, 6.07) is 4.36. The maximum atomic E-state index is 5.38. The highest BCUT2D eigenvalue weighted by Gasteiger charge is 2.19. The van der Waals surface area contributed by atoms with E-state index < -0.39 is 0 Å². The van der Waals surface area contributed by atoms with E-state index in [9.17, 15) is 0 Å². The van der Waals surface area contributed by atoms with Crippen LogP contribution in [-0.2, 0) is 11.2 Å². The third-order valence-electron chi connectivity index (χ3n) is 2.75. The minimum atomic E-state index is 0.528. The molecule has 1 atom stereocenters. The fraction of sp³-hybridized carbons (Fsp3) is 0.583. The van der Waals surface area contributed by atoms with Crippen LogP contribution in [-0.4, -0.2) is 18.2 Å². The molecule has 0 N–H and O–H groups in total. The number of rotatable bonds is 2. The standard InChI is InChI=1S/C12H17NO/c1-3-11-6-9(2)7-12(13-11)10-4-5-14-8-10/h6-7,10H,3-5,8H2,1-2H3. The molecular weight excluding hydrogens is 174 g/mol. The van der Waals surface area contributed by atoms with Crippen molar-refractivity contribution in [3.8, 4) is 0 Å². The second-order valence-electron chi connectivity index (χ2n) is 3.97. The van der Waals surface area contributed by atoms with E-state index in [2.05, 4.69) is 31.0 Å². The lowest BCUT2D eigenvalue weighted by atomic mass is 10.0. The average Bonchev–Trinajstić information content (AvgIpc) is 2.69. The summed E-state index contributed by atoms with van der Waals surface area (Å²) in [7, 11) is 0. The highest BCUT2D eigenvalue weighted by Crippen LogP contribution is 2.24. The summed E-state index contributed by atoms with van der Waals surface area (Å²) in [6.45, 7) is 6.03. The first-order chi connectivity index (χ1) is 6.79. The quantitative estimate of drug-likeness (QED) is 0.716. The van der Waals surface area contributed by atoms with Gasteiger partial charge in [0.25, 0.3) is 0 Å². The van der Waals surface area contributed by atoms with Crippen LogP contribution in [0.5, 0.6) is 0 Å². The molecule has 2 heterocycles. The van der Waals surface area contributed by atoms with Crippen LogP contribution in [0.1, 0.15) is 36.2 Å². The molecule has 0 radical (unpaired) electrons. The molecule has 1 aromatic heterocycles. The number of aromatic nitrogens is 1. The van der Waals surface area contributed by atoms with Crippen molar-refractivity contribution in [3.05, 3.63) is 29.1 Å². The van der Waals surface area contributed by atoms with Crippen molar-refractivity contribution >= 4 is 0 Å². The van der Waals surface area contributed by atoms with Crippen molar-refractivity contribution in [2.75, 3.05) is 13.2 Å². The molecule has 1 fully saturated rings. The van der Waals surface area contributed by atoms with Gasteiger partial charge in [-0.1, -0.05) is 6.92 Å². The first-order valence-electron chi connectivity index (χ1n) is 5.35. The van der Waals surface area contributed by atoms with E-state index in [1.807, 2.05) is 0 Å². The third kappa shape index (κ3) is 1.95. The van der Waals surface area contributed by atoms with Gasteiger partial charge >= 0.3 is 0 Å². The largest absolute Gasteiger partial charge is 0.381 e. The average molecular weight is 191 g/mol. The molecular formula is C12H17NO. The Balaban J connectivity index is 2.27. The van der Waals surface area contributed by atoms with Gasteiger partial charge in [0, 0.05) is 23.9 Å². The minimum Gasteiger partial charge on any atom is -0.381 e. The van der Waals surface area contributed by atoms with Crippen molar-refractivity contribution in [1.29, 1.82) is 0 Å². The Labute approximate surface area is 85.3 Å². The first-order valence-corrected chi connectivity index (χ1v) is 5.35. The van der Waals surface area contributed by atoms with Gasteiger partial charge < -0.3 is 4.74 Å². The van der Waals surface area contributed by atoms with Crippen molar-refractivity contribution in [2.24, 2.45) is 0 Å². The number of aryl methyl sites for hydroxylation is 2. The second-order valence-corrected chi connectivity index (χ2v) is 3.97. The van der Waals surface area contributed by atoms with Gasteiger partial charge in [-0.2, -0.15) is 0 Å². The SMILES string of the molecule is CCc1cc(C)cc(C2CCOC2)n1. The Kier molecular flexibility index (Phi) is 2.82. The summed E-state index contributed by atoms with van der Waals surface area (Å²) in [5, 5.41) is 0. The molecule has 0 saturated carbocycles. The van der Waals surface area contributed by atoms with Crippen LogP contribution in [0.4, 0.5) is 0 Å². The van der Waals surface area contributed by atoms with Crippen LogP contribution in [0.2, 0.25) is 0 Å². The Morgan fingerprint density at radius 2 is 2.36 bits per heavy atom. The summed E-state index contributed by atoms with van der Waals surface area (Å²) in [5.41, 5.74) is 3.74. The van der Waals surface area contributed by atoms with Gasteiger partial charge in [0.05, 0.1) is 6.61 Å². The molecule has 2 heteroatoms. The van der Waals surface area contributed by atoms with Crippen LogP contribution < -0.4 is 0 Å². The first kappa shape index (κ1) is 9.66. The zero-order chi connectivity index (χ0) is 9.97. The molecule has 1 unspecified atom stereocenters. The highest BCUT2D eigenvalue weighted by atomic mass is 16.5. The van der Waals surface area contributed by atoms with Crippen LogP contribution in [0.15, 0.2) is 12.1 Å². The van der Waals surface area contributed by atoms with E-state index in [0.29, 0.717) is 5.92 Å². The molecule has 1 aliphatic heterocycles. The predicted molar refractivity (Wildman–Crippen MR) is 56.5 cm³/mol. The number of nitrogens with zero attached hydrogens (tertiary/aromatic N) is 1. The highest BCUT2D eigenvalue weighted by molar-refractivity contribution is 5.23. The van der Waals surface area contributed by atoms with E-state index in [0.717, 1.165) is 26.1 Å². The lowest BCUT2D eigenvalue weighted by molar-refractivity contribution is 0.193. The molecule has 0 amide bonds. The van der Waals surface area contributed by atoms with Crippen LogP contribution >= 0.6 is 0 Å². The van der Waals surface area contributed by atoms with Crippen molar-refractivity contribution in [1.82, 2.24) is 4.98 Å². The molecule has 2 rings (SSSR count). The van der Waals surface area contributed by atoms with Gasteiger partial charge in [-0.05, 0) is 37.5 Å². The minimum absolute atomic E-state index is 0.528. The topological polar surface area (TPSA) is 22.1 Å². The molecule has 0 aromatic carbocycles. The normalized spacial score (nSPS) is 21.4.